The first-order valence-corrected chi connectivity index (χ1v) is 11.5. The van der Waals surface area contributed by atoms with Crippen LogP contribution in [0.15, 0.2) is 70.4 Å². The highest BCUT2D eigenvalue weighted by Crippen LogP contribution is 2.28. The largest absolute Gasteiger partial charge is 0.495 e. The van der Waals surface area contributed by atoms with E-state index in [1.54, 1.807) is 68.4 Å². The lowest BCUT2D eigenvalue weighted by Crippen LogP contribution is -2.22. The van der Waals surface area contributed by atoms with Gasteiger partial charge in [-0.15, -0.1) is 0 Å². The molecule has 0 radical (unpaired) electrons. The number of rotatable bonds is 5. The number of hydrogen-bond donors (Lipinski definition) is 1. The van der Waals surface area contributed by atoms with Crippen LogP contribution in [-0.2, 0) is 10.0 Å². The summed E-state index contributed by atoms with van der Waals surface area (Å²) in [7, 11) is -2.45. The fourth-order valence-electron chi connectivity index (χ4n) is 3.64. The number of hydrogen-bond acceptors (Lipinski definition) is 5. The van der Waals surface area contributed by atoms with Gasteiger partial charge >= 0.3 is 0 Å². The third-order valence-corrected chi connectivity index (χ3v) is 6.65. The van der Waals surface area contributed by atoms with Gasteiger partial charge in [-0.2, -0.15) is 0 Å². The Kier molecular flexibility index (Phi) is 5.48. The van der Waals surface area contributed by atoms with E-state index in [1.807, 2.05) is 13.0 Å². The van der Waals surface area contributed by atoms with Crippen molar-refractivity contribution in [2.75, 3.05) is 11.8 Å². The van der Waals surface area contributed by atoms with Crippen molar-refractivity contribution in [2.24, 2.45) is 0 Å². The van der Waals surface area contributed by atoms with Crippen LogP contribution in [0.5, 0.6) is 5.75 Å². The summed E-state index contributed by atoms with van der Waals surface area (Å²) in [4.78, 5) is 17.7. The molecule has 0 spiro atoms. The van der Waals surface area contributed by atoms with Crippen LogP contribution in [0.1, 0.15) is 17.0 Å². The van der Waals surface area contributed by atoms with E-state index in [4.69, 9.17) is 4.74 Å². The summed E-state index contributed by atoms with van der Waals surface area (Å²) in [5.74, 6) is 0.813. The smallest absolute Gasteiger partial charge is 0.265 e. The molecule has 0 saturated heterocycles. The van der Waals surface area contributed by atoms with Gasteiger partial charge in [0.25, 0.3) is 15.6 Å². The van der Waals surface area contributed by atoms with Crippen molar-refractivity contribution in [3.63, 3.8) is 0 Å². The molecule has 164 valence electrons. The minimum absolute atomic E-state index is 0.0641. The van der Waals surface area contributed by atoms with Crippen LogP contribution in [0.25, 0.3) is 16.6 Å². The fourth-order valence-corrected chi connectivity index (χ4v) is 5.03. The van der Waals surface area contributed by atoms with Gasteiger partial charge < -0.3 is 4.74 Å². The van der Waals surface area contributed by atoms with Crippen LogP contribution in [-0.4, -0.2) is 25.1 Å². The zero-order valence-electron chi connectivity index (χ0n) is 18.2. The summed E-state index contributed by atoms with van der Waals surface area (Å²) in [5.41, 5.74) is 2.95. The third kappa shape index (κ3) is 3.85. The average Bonchev–Trinajstić information content (AvgIpc) is 2.75. The zero-order valence-corrected chi connectivity index (χ0v) is 19.0. The van der Waals surface area contributed by atoms with Crippen LogP contribution >= 0.6 is 0 Å². The number of benzene rings is 3. The molecular formula is C24H23N3O4S. The van der Waals surface area contributed by atoms with E-state index < -0.39 is 10.0 Å². The molecule has 0 bridgehead atoms. The first-order chi connectivity index (χ1) is 15.2. The van der Waals surface area contributed by atoms with Crippen LogP contribution in [0.4, 0.5) is 5.69 Å². The molecule has 8 heteroatoms. The van der Waals surface area contributed by atoms with Gasteiger partial charge in [0.1, 0.15) is 16.5 Å². The molecule has 0 aliphatic carbocycles. The van der Waals surface area contributed by atoms with E-state index in [0.717, 1.165) is 5.56 Å². The molecule has 1 N–H and O–H groups in total. The molecule has 32 heavy (non-hydrogen) atoms. The van der Waals surface area contributed by atoms with Crippen molar-refractivity contribution >= 4 is 26.6 Å². The maximum absolute atomic E-state index is 13.1. The van der Waals surface area contributed by atoms with Crippen LogP contribution < -0.4 is 15.0 Å². The van der Waals surface area contributed by atoms with Gasteiger partial charge in [0, 0.05) is 0 Å². The molecule has 0 unspecified atom stereocenters. The van der Waals surface area contributed by atoms with Crippen molar-refractivity contribution in [1.29, 1.82) is 0 Å². The Balaban J connectivity index is 1.75. The molecule has 1 heterocycles. The minimum Gasteiger partial charge on any atom is -0.495 e. The maximum atomic E-state index is 13.1. The summed E-state index contributed by atoms with van der Waals surface area (Å²) in [6, 6.07) is 17.3. The molecule has 0 saturated carbocycles. The molecule has 0 fully saturated rings. The predicted molar refractivity (Wildman–Crippen MR) is 125 cm³/mol. The number of aryl methyl sites for hydroxylation is 3. The van der Waals surface area contributed by atoms with Gasteiger partial charge in [-0.05, 0) is 74.4 Å². The Morgan fingerprint density at radius 3 is 2.44 bits per heavy atom. The van der Waals surface area contributed by atoms with Crippen molar-refractivity contribution in [3.05, 3.63) is 88.0 Å². The van der Waals surface area contributed by atoms with Gasteiger partial charge in [0.15, 0.2) is 0 Å². The molecule has 4 aromatic rings. The number of ether oxygens (including phenoxy) is 1. The van der Waals surface area contributed by atoms with Gasteiger partial charge in [-0.1, -0.05) is 18.2 Å². The second-order valence-corrected chi connectivity index (χ2v) is 9.23. The number of para-hydroxylation sites is 1. The standard InChI is InChI=1S/C24H23N3O4S/c1-15-9-12-22(31-4)23(13-15)32(29,30)26-20-11-10-18(14-16(20)2)27-17(3)25-21-8-6-5-7-19(21)24(27)28/h5-14,26H,1-4H3. The van der Waals surface area contributed by atoms with E-state index >= 15 is 0 Å². The Labute approximate surface area is 186 Å². The van der Waals surface area contributed by atoms with Crippen molar-refractivity contribution in [2.45, 2.75) is 25.7 Å². The molecule has 0 aliphatic heterocycles. The maximum Gasteiger partial charge on any atom is 0.265 e. The van der Waals surface area contributed by atoms with Crippen molar-refractivity contribution in [1.82, 2.24) is 9.55 Å². The summed E-state index contributed by atoms with van der Waals surface area (Å²) in [5, 5.41) is 0.520. The van der Waals surface area contributed by atoms with Crippen LogP contribution in [0.3, 0.4) is 0 Å². The van der Waals surface area contributed by atoms with E-state index in [0.29, 0.717) is 33.7 Å². The average molecular weight is 450 g/mol. The number of nitrogens with one attached hydrogen (secondary N) is 1. The number of fused-ring (bicyclic) bond motifs is 1. The topological polar surface area (TPSA) is 90.3 Å². The van der Waals surface area contributed by atoms with E-state index in [1.165, 1.54) is 11.7 Å². The van der Waals surface area contributed by atoms with Gasteiger partial charge in [0.2, 0.25) is 0 Å². The molecule has 3 aromatic carbocycles. The normalized spacial score (nSPS) is 11.5. The molecule has 0 aliphatic rings. The van der Waals surface area contributed by atoms with Crippen molar-refractivity contribution in [3.8, 4) is 11.4 Å². The summed E-state index contributed by atoms with van der Waals surface area (Å²) < 4.78 is 35.5. The highest BCUT2D eigenvalue weighted by molar-refractivity contribution is 7.92. The van der Waals surface area contributed by atoms with Crippen LogP contribution in [0, 0.1) is 20.8 Å². The van der Waals surface area contributed by atoms with E-state index in [9.17, 15) is 13.2 Å². The molecule has 1 aromatic heterocycles. The summed E-state index contributed by atoms with van der Waals surface area (Å²) >= 11 is 0. The van der Waals surface area contributed by atoms with Gasteiger partial charge in [-0.3, -0.25) is 14.1 Å². The van der Waals surface area contributed by atoms with Gasteiger partial charge in [-0.25, -0.2) is 13.4 Å². The van der Waals surface area contributed by atoms with E-state index in [-0.39, 0.29) is 16.2 Å². The lowest BCUT2D eigenvalue weighted by Gasteiger charge is -2.16. The number of nitrogens with zero attached hydrogens (tertiary/aromatic N) is 2. The number of sulfonamides is 1. The SMILES string of the molecule is COc1ccc(C)cc1S(=O)(=O)Nc1ccc(-n2c(C)nc3ccccc3c2=O)cc1C. The molecular weight excluding hydrogens is 426 g/mol. The molecule has 7 nitrogen and oxygen atoms in total. The Hall–Kier alpha value is -3.65. The Morgan fingerprint density at radius 2 is 1.72 bits per heavy atom. The van der Waals surface area contributed by atoms with Crippen molar-refractivity contribution < 1.29 is 13.2 Å². The number of anilines is 1. The van der Waals surface area contributed by atoms with Crippen LogP contribution in [0.2, 0.25) is 0 Å². The molecule has 0 atom stereocenters. The molecule has 0 amide bonds. The first-order valence-electron chi connectivity index (χ1n) is 9.98. The third-order valence-electron chi connectivity index (χ3n) is 5.26. The number of methoxy groups -OCH3 is 1. The summed E-state index contributed by atoms with van der Waals surface area (Å²) in [6.07, 6.45) is 0. The minimum atomic E-state index is -3.88. The fraction of sp³-hybridized carbons (Fsp3) is 0.167. The second-order valence-electron chi connectivity index (χ2n) is 7.58. The van der Waals surface area contributed by atoms with E-state index in [2.05, 4.69) is 9.71 Å². The highest BCUT2D eigenvalue weighted by Gasteiger charge is 2.21. The monoisotopic (exact) mass is 449 g/mol. The summed E-state index contributed by atoms with van der Waals surface area (Å²) in [6.45, 7) is 5.36. The first kappa shape index (κ1) is 21.6. The zero-order chi connectivity index (χ0) is 23.0. The van der Waals surface area contributed by atoms with Gasteiger partial charge in [0.05, 0.1) is 29.4 Å². The lowest BCUT2D eigenvalue weighted by atomic mass is 10.1. The Morgan fingerprint density at radius 1 is 0.969 bits per heavy atom. The highest BCUT2D eigenvalue weighted by atomic mass is 32.2. The quantitative estimate of drug-likeness (QED) is 0.495. The predicted octanol–water partition coefficient (Wildman–Crippen LogP) is 4.12. The lowest BCUT2D eigenvalue weighted by molar-refractivity contribution is 0.402. The Bertz CT molecular complexity index is 1510. The number of aromatic nitrogens is 2. The molecule has 4 rings (SSSR count). The second kappa shape index (κ2) is 8.12.